The van der Waals surface area contributed by atoms with Gasteiger partial charge >= 0.3 is 6.09 Å². The van der Waals surface area contributed by atoms with E-state index in [4.69, 9.17) is 4.74 Å². The van der Waals surface area contributed by atoms with Crippen molar-refractivity contribution in [2.24, 2.45) is 7.05 Å². The van der Waals surface area contributed by atoms with E-state index in [2.05, 4.69) is 31.7 Å². The van der Waals surface area contributed by atoms with Crippen molar-refractivity contribution in [1.82, 2.24) is 24.8 Å². The standard InChI is InChI=1S/C22H26N6O2/c1-5-13(2)25-22(29)30-11-14-7-6-8-15(9-14)17-10-16-19-18(24-12-28(19)4)21(23-3)27-20(16)26-17/h6-10,12-13H,5,11H2,1-4H3,(H,25,29)(H2,23,26,27). The number of rotatable bonds is 6. The van der Waals surface area contributed by atoms with Gasteiger partial charge in [-0.15, -0.1) is 0 Å². The van der Waals surface area contributed by atoms with E-state index in [1.165, 1.54) is 0 Å². The van der Waals surface area contributed by atoms with Gasteiger partial charge in [-0.05, 0) is 36.6 Å². The predicted octanol–water partition coefficient (Wildman–Crippen LogP) is 4.18. The average Bonchev–Trinajstić information content (AvgIpc) is 3.35. The lowest BCUT2D eigenvalue weighted by Gasteiger charge is -2.12. The van der Waals surface area contributed by atoms with Crippen molar-refractivity contribution >= 4 is 34.0 Å². The zero-order valence-electron chi connectivity index (χ0n) is 17.6. The highest BCUT2D eigenvalue weighted by Crippen LogP contribution is 2.31. The molecule has 0 aliphatic heterocycles. The molecule has 0 bridgehead atoms. The molecule has 8 heteroatoms. The number of H-pyrrole nitrogens is 1. The fraction of sp³-hybridized carbons (Fsp3) is 0.318. The minimum Gasteiger partial charge on any atom is -0.445 e. The molecule has 0 saturated carbocycles. The van der Waals surface area contributed by atoms with Crippen molar-refractivity contribution in [2.75, 3.05) is 12.4 Å². The van der Waals surface area contributed by atoms with Gasteiger partial charge < -0.3 is 24.9 Å². The first-order chi connectivity index (χ1) is 14.5. The van der Waals surface area contributed by atoms with Crippen LogP contribution in [0.5, 0.6) is 0 Å². The lowest BCUT2D eigenvalue weighted by Crippen LogP contribution is -2.32. The summed E-state index contributed by atoms with van der Waals surface area (Å²) in [5, 5.41) is 6.93. The quantitative estimate of drug-likeness (QED) is 0.446. The summed E-state index contributed by atoms with van der Waals surface area (Å²) in [6.45, 7) is 4.18. The van der Waals surface area contributed by atoms with E-state index in [1.807, 2.05) is 56.8 Å². The van der Waals surface area contributed by atoms with E-state index < -0.39 is 6.09 Å². The highest BCUT2D eigenvalue weighted by molar-refractivity contribution is 6.07. The number of benzene rings is 1. The Hall–Kier alpha value is -3.55. The molecule has 156 valence electrons. The number of nitrogens with one attached hydrogen (secondary N) is 3. The molecule has 1 atom stereocenters. The Bertz CT molecular complexity index is 1210. The van der Waals surface area contributed by atoms with Gasteiger partial charge in [0.2, 0.25) is 0 Å². The van der Waals surface area contributed by atoms with Crippen LogP contribution in [0.3, 0.4) is 0 Å². The smallest absolute Gasteiger partial charge is 0.407 e. The van der Waals surface area contributed by atoms with Gasteiger partial charge in [-0.3, -0.25) is 0 Å². The Morgan fingerprint density at radius 2 is 2.17 bits per heavy atom. The van der Waals surface area contributed by atoms with Crippen molar-refractivity contribution in [3.8, 4) is 11.3 Å². The number of carbonyl (C=O) groups excluding carboxylic acids is 1. The zero-order valence-corrected chi connectivity index (χ0v) is 17.6. The predicted molar refractivity (Wildman–Crippen MR) is 118 cm³/mol. The molecule has 1 aromatic carbocycles. The van der Waals surface area contributed by atoms with Gasteiger partial charge in [0, 0.05) is 31.2 Å². The van der Waals surface area contributed by atoms with Crippen LogP contribution in [0.1, 0.15) is 25.8 Å². The summed E-state index contributed by atoms with van der Waals surface area (Å²) in [7, 11) is 3.82. The largest absolute Gasteiger partial charge is 0.445 e. The van der Waals surface area contributed by atoms with E-state index >= 15 is 0 Å². The number of ether oxygens (including phenoxy) is 1. The van der Waals surface area contributed by atoms with Crippen LogP contribution in [0.15, 0.2) is 36.7 Å². The maximum atomic E-state index is 11.9. The number of aryl methyl sites for hydroxylation is 1. The van der Waals surface area contributed by atoms with Gasteiger partial charge in [-0.25, -0.2) is 14.8 Å². The summed E-state index contributed by atoms with van der Waals surface area (Å²) in [6, 6.07) is 10.1. The van der Waals surface area contributed by atoms with Crippen LogP contribution in [0.2, 0.25) is 0 Å². The number of hydrogen-bond donors (Lipinski definition) is 3. The van der Waals surface area contributed by atoms with E-state index in [-0.39, 0.29) is 12.6 Å². The molecule has 0 fully saturated rings. The third-order valence-corrected chi connectivity index (χ3v) is 5.26. The number of anilines is 1. The first-order valence-electron chi connectivity index (χ1n) is 10.0. The summed E-state index contributed by atoms with van der Waals surface area (Å²) >= 11 is 0. The number of hydrogen-bond acceptors (Lipinski definition) is 5. The number of carbonyl (C=O) groups is 1. The lowest BCUT2D eigenvalue weighted by molar-refractivity contribution is 0.136. The fourth-order valence-electron chi connectivity index (χ4n) is 3.45. The zero-order chi connectivity index (χ0) is 21.3. The van der Waals surface area contributed by atoms with Crippen molar-refractivity contribution in [1.29, 1.82) is 0 Å². The summed E-state index contributed by atoms with van der Waals surface area (Å²) < 4.78 is 7.35. The maximum absolute atomic E-state index is 11.9. The van der Waals surface area contributed by atoms with Crippen molar-refractivity contribution in [3.05, 3.63) is 42.2 Å². The molecule has 0 saturated heterocycles. The van der Waals surface area contributed by atoms with Crippen LogP contribution in [0.25, 0.3) is 33.3 Å². The van der Waals surface area contributed by atoms with Gasteiger partial charge in [-0.1, -0.05) is 25.1 Å². The van der Waals surface area contributed by atoms with Crippen LogP contribution in [0, 0.1) is 0 Å². The number of alkyl carbamates (subject to hydrolysis) is 1. The van der Waals surface area contributed by atoms with Gasteiger partial charge in [0.15, 0.2) is 5.82 Å². The molecule has 30 heavy (non-hydrogen) atoms. The molecule has 3 heterocycles. The van der Waals surface area contributed by atoms with Crippen LogP contribution in [0.4, 0.5) is 10.6 Å². The van der Waals surface area contributed by atoms with E-state index in [0.717, 1.165) is 51.1 Å². The second kappa shape index (κ2) is 8.06. The highest BCUT2D eigenvalue weighted by atomic mass is 16.5. The number of imidazole rings is 1. The van der Waals surface area contributed by atoms with Crippen LogP contribution < -0.4 is 10.6 Å². The number of aromatic amines is 1. The Balaban J connectivity index is 1.63. The first-order valence-corrected chi connectivity index (χ1v) is 10.0. The highest BCUT2D eigenvalue weighted by Gasteiger charge is 2.15. The van der Waals surface area contributed by atoms with E-state index in [1.54, 1.807) is 6.33 Å². The molecule has 4 aromatic rings. The molecule has 8 nitrogen and oxygen atoms in total. The second-order valence-corrected chi connectivity index (χ2v) is 7.44. The van der Waals surface area contributed by atoms with Crippen LogP contribution in [-0.2, 0) is 18.4 Å². The fourth-order valence-corrected chi connectivity index (χ4v) is 3.45. The van der Waals surface area contributed by atoms with Crippen LogP contribution >= 0.6 is 0 Å². The molecule has 1 amide bonds. The number of pyridine rings is 1. The summed E-state index contributed by atoms with van der Waals surface area (Å²) in [5.74, 6) is 0.737. The molecule has 3 N–H and O–H groups in total. The molecule has 0 spiro atoms. The molecule has 3 aromatic heterocycles. The minimum absolute atomic E-state index is 0.0917. The number of nitrogens with zero attached hydrogens (tertiary/aromatic N) is 3. The summed E-state index contributed by atoms with van der Waals surface area (Å²) in [4.78, 5) is 24.4. The van der Waals surface area contributed by atoms with E-state index in [0.29, 0.717) is 0 Å². The molecule has 4 rings (SSSR count). The minimum atomic E-state index is -0.400. The SMILES string of the molecule is CCC(C)NC(=O)OCc1cccc(-c2cc3c(nc(NC)c4ncn(C)c43)[nH]2)c1. The average molecular weight is 406 g/mol. The van der Waals surface area contributed by atoms with Gasteiger partial charge in [0.05, 0.1) is 11.8 Å². The molecule has 0 radical (unpaired) electrons. The number of amides is 1. The van der Waals surface area contributed by atoms with E-state index in [9.17, 15) is 4.79 Å². The molecule has 0 aliphatic rings. The monoisotopic (exact) mass is 406 g/mol. The van der Waals surface area contributed by atoms with Gasteiger partial charge in [0.25, 0.3) is 0 Å². The Morgan fingerprint density at radius 1 is 1.33 bits per heavy atom. The second-order valence-electron chi connectivity index (χ2n) is 7.44. The molecular weight excluding hydrogens is 380 g/mol. The Kier molecular flexibility index (Phi) is 5.31. The molecule has 1 unspecified atom stereocenters. The normalized spacial score (nSPS) is 12.3. The Labute approximate surface area is 174 Å². The van der Waals surface area contributed by atoms with Gasteiger partial charge in [0.1, 0.15) is 17.8 Å². The third-order valence-electron chi connectivity index (χ3n) is 5.26. The van der Waals surface area contributed by atoms with Gasteiger partial charge in [-0.2, -0.15) is 0 Å². The lowest BCUT2D eigenvalue weighted by atomic mass is 10.1. The number of aromatic nitrogens is 4. The van der Waals surface area contributed by atoms with Crippen molar-refractivity contribution < 1.29 is 9.53 Å². The topological polar surface area (TPSA) is 96.9 Å². The van der Waals surface area contributed by atoms with Crippen LogP contribution in [-0.4, -0.2) is 38.7 Å². The molecule has 0 aliphatic carbocycles. The summed E-state index contributed by atoms with van der Waals surface area (Å²) in [5.41, 5.74) is 5.51. The Morgan fingerprint density at radius 3 is 2.93 bits per heavy atom. The molecular formula is C22H26N6O2. The van der Waals surface area contributed by atoms with Crippen molar-refractivity contribution in [2.45, 2.75) is 32.9 Å². The number of fused-ring (bicyclic) bond motifs is 3. The summed E-state index contributed by atoms with van der Waals surface area (Å²) in [6.07, 6.45) is 2.25. The van der Waals surface area contributed by atoms with Crippen molar-refractivity contribution in [3.63, 3.8) is 0 Å². The first kappa shape index (κ1) is 19.8. The maximum Gasteiger partial charge on any atom is 0.407 e. The third kappa shape index (κ3) is 3.68.